The van der Waals surface area contributed by atoms with Crippen LogP contribution in [0.15, 0.2) is 28.9 Å². The maximum atomic E-state index is 10.00. The van der Waals surface area contributed by atoms with Crippen LogP contribution in [0.1, 0.15) is 43.7 Å². The Morgan fingerprint density at radius 1 is 1.20 bits per heavy atom. The molecule has 0 spiro atoms. The molecule has 2 aromatic heterocycles. The van der Waals surface area contributed by atoms with Crippen molar-refractivity contribution >= 4 is 26.8 Å². The van der Waals surface area contributed by atoms with Gasteiger partial charge in [0.25, 0.3) is 0 Å². The zero-order valence-electron chi connectivity index (χ0n) is 14.2. The zero-order valence-corrected chi connectivity index (χ0v) is 15.8. The minimum absolute atomic E-state index is 0.305. The molecule has 0 N–H and O–H groups in total. The topological polar surface area (TPSA) is 46.5 Å². The number of fused-ring (bicyclic) bond motifs is 5. The number of rotatable bonds is 1. The lowest BCUT2D eigenvalue weighted by atomic mass is 9.96. The maximum absolute atomic E-state index is 10.00. The quantitative estimate of drug-likeness (QED) is 0.583. The molecule has 1 saturated carbocycles. The van der Waals surface area contributed by atoms with E-state index in [1.54, 1.807) is 0 Å². The molecule has 5 heteroatoms. The van der Waals surface area contributed by atoms with Crippen molar-refractivity contribution in [3.8, 4) is 17.5 Å². The predicted molar refractivity (Wildman–Crippen MR) is 101 cm³/mol. The van der Waals surface area contributed by atoms with Gasteiger partial charge in [0.15, 0.2) is 0 Å². The second kappa shape index (κ2) is 5.22. The maximum Gasteiger partial charge on any atom is 0.102 e. The highest BCUT2D eigenvalue weighted by molar-refractivity contribution is 9.10. The SMILES string of the molecule is CC1(c2ccc3c(c2)c(C#N)c2n3CCCCn3ncc(Br)c3-2)CC1. The highest BCUT2D eigenvalue weighted by Crippen LogP contribution is 2.49. The largest absolute Gasteiger partial charge is 0.338 e. The molecule has 0 radical (unpaired) electrons. The van der Waals surface area contributed by atoms with Crippen LogP contribution in [0.5, 0.6) is 0 Å². The molecule has 1 fully saturated rings. The average Bonchev–Trinajstić information content (AvgIpc) is 3.15. The lowest BCUT2D eigenvalue weighted by Crippen LogP contribution is -2.11. The highest BCUT2D eigenvalue weighted by Gasteiger charge is 2.39. The molecule has 3 heterocycles. The molecule has 25 heavy (non-hydrogen) atoms. The van der Waals surface area contributed by atoms with Crippen LogP contribution in [-0.4, -0.2) is 14.3 Å². The van der Waals surface area contributed by atoms with Gasteiger partial charge in [-0.3, -0.25) is 4.68 Å². The van der Waals surface area contributed by atoms with E-state index in [4.69, 9.17) is 0 Å². The van der Waals surface area contributed by atoms with E-state index in [-0.39, 0.29) is 0 Å². The molecule has 126 valence electrons. The molecule has 5 rings (SSSR count). The van der Waals surface area contributed by atoms with Gasteiger partial charge < -0.3 is 4.57 Å². The van der Waals surface area contributed by atoms with E-state index in [0.717, 1.165) is 52.7 Å². The van der Waals surface area contributed by atoms with Crippen molar-refractivity contribution in [1.29, 1.82) is 5.26 Å². The predicted octanol–water partition coefficient (Wildman–Crippen LogP) is 4.98. The van der Waals surface area contributed by atoms with Gasteiger partial charge in [0.05, 0.1) is 21.9 Å². The molecule has 2 aliphatic rings. The molecule has 1 aliphatic carbocycles. The highest BCUT2D eigenvalue weighted by atomic mass is 79.9. The van der Waals surface area contributed by atoms with Gasteiger partial charge in [-0.2, -0.15) is 10.4 Å². The van der Waals surface area contributed by atoms with Crippen LogP contribution < -0.4 is 0 Å². The normalized spacial score (nSPS) is 18.1. The monoisotopic (exact) mass is 394 g/mol. The van der Waals surface area contributed by atoms with Gasteiger partial charge in [0.1, 0.15) is 11.8 Å². The van der Waals surface area contributed by atoms with E-state index >= 15 is 0 Å². The molecule has 0 unspecified atom stereocenters. The van der Waals surface area contributed by atoms with Crippen molar-refractivity contribution in [3.05, 3.63) is 40.0 Å². The summed E-state index contributed by atoms with van der Waals surface area (Å²) in [7, 11) is 0. The van der Waals surface area contributed by atoms with Crippen molar-refractivity contribution in [2.45, 2.75) is 51.1 Å². The van der Waals surface area contributed by atoms with E-state index in [1.807, 2.05) is 10.9 Å². The molecule has 0 saturated heterocycles. The summed E-state index contributed by atoms with van der Waals surface area (Å²) >= 11 is 3.65. The standard InChI is InChI=1S/C20H19BrN4/c1-20(6-7-20)13-4-5-17-14(10-13)15(11-22)18-19-16(21)12-23-25(19)9-3-2-8-24(17)18/h4-5,10,12H,2-3,6-9H2,1H3. The van der Waals surface area contributed by atoms with Crippen molar-refractivity contribution in [3.63, 3.8) is 0 Å². The molecular weight excluding hydrogens is 376 g/mol. The summed E-state index contributed by atoms with van der Waals surface area (Å²) in [5.41, 5.74) is 5.67. The number of benzene rings is 1. The number of halogens is 1. The molecule has 3 aromatic rings. The first-order valence-corrected chi connectivity index (χ1v) is 9.70. The van der Waals surface area contributed by atoms with Crippen LogP contribution in [0.2, 0.25) is 0 Å². The minimum atomic E-state index is 0.305. The van der Waals surface area contributed by atoms with Gasteiger partial charge in [0, 0.05) is 24.0 Å². The molecule has 0 bridgehead atoms. The summed E-state index contributed by atoms with van der Waals surface area (Å²) in [5, 5.41) is 15.6. The number of aromatic nitrogens is 3. The summed E-state index contributed by atoms with van der Waals surface area (Å²) in [4.78, 5) is 0. The lowest BCUT2D eigenvalue weighted by Gasteiger charge is -2.17. The van der Waals surface area contributed by atoms with Gasteiger partial charge in [-0.1, -0.05) is 13.0 Å². The van der Waals surface area contributed by atoms with Gasteiger partial charge in [-0.15, -0.1) is 0 Å². The smallest absolute Gasteiger partial charge is 0.102 e. The van der Waals surface area contributed by atoms with Gasteiger partial charge >= 0.3 is 0 Å². The Kier molecular flexibility index (Phi) is 3.18. The van der Waals surface area contributed by atoms with E-state index in [1.165, 1.54) is 23.9 Å². The van der Waals surface area contributed by atoms with Crippen molar-refractivity contribution < 1.29 is 0 Å². The Labute approximate surface area is 155 Å². The second-order valence-electron chi connectivity index (χ2n) is 7.55. The van der Waals surface area contributed by atoms with Crippen LogP contribution >= 0.6 is 15.9 Å². The fourth-order valence-electron chi connectivity index (χ4n) is 4.10. The molecule has 4 nitrogen and oxygen atoms in total. The molecule has 0 amide bonds. The summed E-state index contributed by atoms with van der Waals surface area (Å²) in [6.45, 7) is 4.16. The zero-order chi connectivity index (χ0) is 17.2. The van der Waals surface area contributed by atoms with Crippen LogP contribution in [0.25, 0.3) is 22.3 Å². The van der Waals surface area contributed by atoms with Crippen LogP contribution in [0.3, 0.4) is 0 Å². The Morgan fingerprint density at radius 3 is 2.76 bits per heavy atom. The van der Waals surface area contributed by atoms with E-state index < -0.39 is 0 Å². The molecular formula is C20H19BrN4. The van der Waals surface area contributed by atoms with Crippen LogP contribution in [-0.2, 0) is 18.5 Å². The third kappa shape index (κ3) is 2.13. The first kappa shape index (κ1) is 15.2. The Bertz CT molecular complexity index is 1050. The molecule has 0 atom stereocenters. The third-order valence-corrected chi connectivity index (χ3v) is 6.47. The van der Waals surface area contributed by atoms with Gasteiger partial charge in [0.2, 0.25) is 0 Å². The Morgan fingerprint density at radius 2 is 2.00 bits per heavy atom. The Balaban J connectivity index is 1.86. The Hall–Kier alpha value is -2.06. The van der Waals surface area contributed by atoms with Crippen molar-refractivity contribution in [1.82, 2.24) is 14.3 Å². The summed E-state index contributed by atoms with van der Waals surface area (Å²) < 4.78 is 5.33. The van der Waals surface area contributed by atoms with Crippen LogP contribution in [0, 0.1) is 11.3 Å². The third-order valence-electron chi connectivity index (χ3n) is 5.89. The number of hydrogen-bond donors (Lipinski definition) is 0. The summed E-state index contributed by atoms with van der Waals surface area (Å²) in [6, 6.07) is 9.23. The number of aryl methyl sites for hydroxylation is 2. The lowest BCUT2D eigenvalue weighted by molar-refractivity contribution is 0.515. The van der Waals surface area contributed by atoms with Crippen molar-refractivity contribution in [2.75, 3.05) is 0 Å². The second-order valence-corrected chi connectivity index (χ2v) is 8.41. The minimum Gasteiger partial charge on any atom is -0.338 e. The number of nitriles is 1. The number of nitrogens with zero attached hydrogens (tertiary/aromatic N) is 4. The first-order valence-electron chi connectivity index (χ1n) is 8.91. The fraction of sp³-hybridized carbons (Fsp3) is 0.400. The fourth-order valence-corrected chi connectivity index (χ4v) is 4.58. The van der Waals surface area contributed by atoms with Gasteiger partial charge in [-0.25, -0.2) is 0 Å². The first-order chi connectivity index (χ1) is 12.1. The molecule has 1 aromatic carbocycles. The average molecular weight is 395 g/mol. The van der Waals surface area contributed by atoms with Gasteiger partial charge in [-0.05, 0) is 64.7 Å². The van der Waals surface area contributed by atoms with Crippen LogP contribution in [0.4, 0.5) is 0 Å². The van der Waals surface area contributed by atoms with E-state index in [2.05, 4.69) is 56.8 Å². The molecule has 1 aliphatic heterocycles. The van der Waals surface area contributed by atoms with E-state index in [0.29, 0.717) is 5.41 Å². The summed E-state index contributed by atoms with van der Waals surface area (Å²) in [5.74, 6) is 0. The number of hydrogen-bond acceptors (Lipinski definition) is 2. The van der Waals surface area contributed by atoms with Crippen molar-refractivity contribution in [2.24, 2.45) is 0 Å². The van der Waals surface area contributed by atoms with E-state index in [9.17, 15) is 5.26 Å². The summed E-state index contributed by atoms with van der Waals surface area (Å²) in [6.07, 6.45) is 6.52.